The van der Waals surface area contributed by atoms with Gasteiger partial charge in [-0.1, -0.05) is 0 Å². The molecule has 0 saturated heterocycles. The van der Waals surface area contributed by atoms with Crippen molar-refractivity contribution >= 4 is 25.4 Å². The van der Waals surface area contributed by atoms with Gasteiger partial charge in [0.25, 0.3) is 0 Å². The Morgan fingerprint density at radius 2 is 2.07 bits per heavy atom. The van der Waals surface area contributed by atoms with Crippen molar-refractivity contribution in [3.8, 4) is 0 Å². The molecule has 14 heavy (non-hydrogen) atoms. The molecule has 2 nitrogen and oxygen atoms in total. The zero-order valence-electron chi connectivity index (χ0n) is 7.37. The molecule has 0 aliphatic rings. The zero-order valence-corrected chi connectivity index (χ0v) is 9.08. The van der Waals surface area contributed by atoms with Gasteiger partial charge in [0.2, 0.25) is 0 Å². The zero-order chi connectivity index (χ0) is 10.6. The number of hydrogen-bond donors (Lipinski definition) is 0. The molecule has 0 atom stereocenters. The Morgan fingerprint density at radius 1 is 1.43 bits per heavy atom. The van der Waals surface area contributed by atoms with Crippen LogP contribution in [0.5, 0.6) is 0 Å². The van der Waals surface area contributed by atoms with Gasteiger partial charge >= 0.3 is 86.0 Å². The Bertz CT molecular complexity index is 328. The monoisotopic (exact) mass is 266 g/mol. The minimum absolute atomic E-state index is 0.232. The van der Waals surface area contributed by atoms with Gasteiger partial charge < -0.3 is 0 Å². The molecule has 0 fully saturated rings. The molecule has 5 heteroatoms. The quantitative estimate of drug-likeness (QED) is 0.602. The van der Waals surface area contributed by atoms with Crippen molar-refractivity contribution < 1.29 is 18.3 Å². The third-order valence-electron chi connectivity index (χ3n) is 1.51. The second-order valence-electron chi connectivity index (χ2n) is 2.37. The maximum absolute atomic E-state index is 12.1. The van der Waals surface area contributed by atoms with Crippen molar-refractivity contribution in [2.45, 2.75) is 5.32 Å². The molecule has 0 unspecified atom stereocenters. The molecule has 1 rings (SSSR count). The Balaban J connectivity index is 2.97. The van der Waals surface area contributed by atoms with Crippen molar-refractivity contribution in [1.82, 2.24) is 0 Å². The normalized spacial score (nSPS) is 10.3. The Kier molecular flexibility index (Phi) is 4.04. The summed E-state index contributed by atoms with van der Waals surface area (Å²) < 4.78 is 29.1. The molecule has 0 aromatic heterocycles. The van der Waals surface area contributed by atoms with E-state index < -0.39 is 26.2 Å². The van der Waals surface area contributed by atoms with Gasteiger partial charge in [-0.05, 0) is 0 Å². The van der Waals surface area contributed by atoms with Crippen LogP contribution in [0.2, 0.25) is 0 Å². The molecular weight excluding hydrogens is 257 g/mol. The molecule has 0 N–H and O–H groups in total. The number of rotatable bonds is 3. The topological polar surface area (TPSA) is 26.3 Å². The van der Waals surface area contributed by atoms with E-state index in [1.54, 1.807) is 12.1 Å². The third-order valence-corrected chi connectivity index (χ3v) is 3.16. The predicted octanol–water partition coefficient (Wildman–Crippen LogP) is 1.03. The van der Waals surface area contributed by atoms with Crippen molar-refractivity contribution in [2.24, 2.45) is 0 Å². The molecule has 0 bridgehead atoms. The van der Waals surface area contributed by atoms with Crippen molar-refractivity contribution in [1.29, 1.82) is 0 Å². The Hall–Kier alpha value is -0.931. The number of alkyl halides is 2. The van der Waals surface area contributed by atoms with Gasteiger partial charge in [-0.15, -0.1) is 0 Å². The average molecular weight is 265 g/mol. The fraction of sp³-hybridized carbons (Fsp3) is 0.222. The van der Waals surface area contributed by atoms with E-state index in [1.807, 2.05) is 0 Å². The average Bonchev–Trinajstić information content (AvgIpc) is 2.16. The van der Waals surface area contributed by atoms with E-state index >= 15 is 0 Å². The predicted molar refractivity (Wildman–Crippen MR) is 49.2 cm³/mol. The van der Waals surface area contributed by atoms with Gasteiger partial charge in [0.05, 0.1) is 0 Å². The SMILES string of the molecule is COC(=O)c1ccccc1[Se]C(F)F. The fourth-order valence-corrected chi connectivity index (χ4v) is 2.26. The molecule has 0 amide bonds. The number of esters is 1. The first kappa shape index (κ1) is 11.1. The first-order valence-electron chi connectivity index (χ1n) is 3.77. The Morgan fingerprint density at radius 3 is 2.64 bits per heavy atom. The van der Waals surface area contributed by atoms with E-state index in [0.717, 1.165) is 0 Å². The fourth-order valence-electron chi connectivity index (χ4n) is 0.944. The molecule has 76 valence electrons. The summed E-state index contributed by atoms with van der Waals surface area (Å²) >= 11 is -0.995. The van der Waals surface area contributed by atoms with Crippen LogP contribution in [0.3, 0.4) is 0 Å². The number of carbonyl (C=O) groups excluding carboxylic acids is 1. The molecule has 1 aromatic carbocycles. The molecule has 0 aliphatic heterocycles. The number of methoxy groups -OCH3 is 1. The maximum atomic E-state index is 12.1. The van der Waals surface area contributed by atoms with Crippen molar-refractivity contribution in [3.05, 3.63) is 29.8 Å². The third kappa shape index (κ3) is 2.79. The van der Waals surface area contributed by atoms with Crippen molar-refractivity contribution in [2.75, 3.05) is 7.11 Å². The summed E-state index contributed by atoms with van der Waals surface area (Å²) in [7, 11) is 1.23. The summed E-state index contributed by atoms with van der Waals surface area (Å²) in [4.78, 5) is 11.2. The van der Waals surface area contributed by atoms with Gasteiger partial charge in [-0.25, -0.2) is 0 Å². The van der Waals surface area contributed by atoms with Gasteiger partial charge in [0.1, 0.15) is 0 Å². The first-order chi connectivity index (χ1) is 6.65. The molecule has 0 saturated carbocycles. The van der Waals surface area contributed by atoms with Crippen LogP contribution in [-0.4, -0.2) is 33.4 Å². The molecule has 0 radical (unpaired) electrons. The molecule has 1 aromatic rings. The van der Waals surface area contributed by atoms with Crippen LogP contribution in [0.4, 0.5) is 8.78 Å². The van der Waals surface area contributed by atoms with Crippen LogP contribution in [0.15, 0.2) is 24.3 Å². The van der Waals surface area contributed by atoms with E-state index in [9.17, 15) is 13.6 Å². The molecule has 0 aliphatic carbocycles. The van der Waals surface area contributed by atoms with Crippen LogP contribution in [0.25, 0.3) is 0 Å². The van der Waals surface area contributed by atoms with Gasteiger partial charge in [0.15, 0.2) is 0 Å². The van der Waals surface area contributed by atoms with E-state index in [1.165, 1.54) is 19.2 Å². The number of ether oxygens (including phenoxy) is 1. The summed E-state index contributed by atoms with van der Waals surface area (Å²) in [6.07, 6.45) is 0. The Labute approximate surface area is 86.4 Å². The minimum atomic E-state index is -2.40. The first-order valence-corrected chi connectivity index (χ1v) is 5.62. The van der Waals surface area contributed by atoms with Gasteiger partial charge in [-0.3, -0.25) is 0 Å². The van der Waals surface area contributed by atoms with E-state index in [4.69, 9.17) is 0 Å². The number of halogens is 2. The van der Waals surface area contributed by atoms with Crippen LogP contribution >= 0.6 is 0 Å². The van der Waals surface area contributed by atoms with Crippen LogP contribution in [0, 0.1) is 0 Å². The summed E-state index contributed by atoms with van der Waals surface area (Å²) in [5.41, 5.74) is 0.232. The number of carbonyl (C=O) groups is 1. The molecular formula is C9H8F2O2Se. The van der Waals surface area contributed by atoms with Crippen molar-refractivity contribution in [3.63, 3.8) is 0 Å². The second-order valence-corrected chi connectivity index (χ2v) is 4.53. The summed E-state index contributed by atoms with van der Waals surface area (Å²) in [6, 6.07) is 6.27. The summed E-state index contributed by atoms with van der Waals surface area (Å²) in [6.45, 7) is 0. The summed E-state index contributed by atoms with van der Waals surface area (Å²) in [5.74, 6) is -0.567. The van der Waals surface area contributed by atoms with E-state index in [0.29, 0.717) is 4.46 Å². The van der Waals surface area contributed by atoms with Crippen LogP contribution in [0.1, 0.15) is 10.4 Å². The van der Waals surface area contributed by atoms with Gasteiger partial charge in [-0.2, -0.15) is 0 Å². The second kappa shape index (κ2) is 5.08. The standard InChI is InChI=1S/C9H8F2O2Se/c1-13-8(12)6-4-2-3-5-7(6)14-9(10)11/h2-5,9H,1H3. The van der Waals surface area contributed by atoms with E-state index in [-0.39, 0.29) is 5.56 Å². The number of benzene rings is 1. The molecule has 0 heterocycles. The van der Waals surface area contributed by atoms with Crippen LogP contribution in [-0.2, 0) is 4.74 Å². The summed E-state index contributed by atoms with van der Waals surface area (Å²) in [5, 5.41) is -2.40. The van der Waals surface area contributed by atoms with Crippen LogP contribution < -0.4 is 4.46 Å². The molecule has 0 spiro atoms. The van der Waals surface area contributed by atoms with Gasteiger partial charge in [0, 0.05) is 0 Å². The number of hydrogen-bond acceptors (Lipinski definition) is 2. The van der Waals surface area contributed by atoms with E-state index in [2.05, 4.69) is 4.74 Å².